The van der Waals surface area contributed by atoms with Crippen LogP contribution in [-0.4, -0.2) is 0 Å². The predicted molar refractivity (Wildman–Crippen MR) is 62.6 cm³/mol. The number of nitrogens with zero attached hydrogens (tertiary/aromatic N) is 1. The van der Waals surface area contributed by atoms with E-state index < -0.39 is 23.4 Å². The highest BCUT2D eigenvalue weighted by atomic mass is 19.4. The molecule has 108 valence electrons. The van der Waals surface area contributed by atoms with Crippen molar-refractivity contribution in [3.8, 4) is 17.6 Å². The van der Waals surface area contributed by atoms with Crippen LogP contribution in [0.4, 0.5) is 22.0 Å². The van der Waals surface area contributed by atoms with Gasteiger partial charge in [0, 0.05) is 0 Å². The van der Waals surface area contributed by atoms with Gasteiger partial charge in [-0.3, -0.25) is 0 Å². The van der Waals surface area contributed by atoms with Gasteiger partial charge in [0.25, 0.3) is 0 Å². The van der Waals surface area contributed by atoms with Crippen LogP contribution in [0.1, 0.15) is 11.1 Å². The van der Waals surface area contributed by atoms with Gasteiger partial charge in [0.05, 0.1) is 11.1 Å². The quantitative estimate of drug-likeness (QED) is 0.756. The maximum atomic E-state index is 13.1. The summed E-state index contributed by atoms with van der Waals surface area (Å²) < 4.78 is 68.9. The van der Waals surface area contributed by atoms with Gasteiger partial charge in [-0.1, -0.05) is 0 Å². The Morgan fingerprint density at radius 2 is 1.71 bits per heavy atom. The molecule has 0 saturated heterocycles. The van der Waals surface area contributed by atoms with E-state index >= 15 is 0 Å². The fourth-order valence-corrected chi connectivity index (χ4v) is 1.59. The number of rotatable bonds is 2. The van der Waals surface area contributed by atoms with Crippen LogP contribution < -0.4 is 4.74 Å². The van der Waals surface area contributed by atoms with Crippen molar-refractivity contribution in [2.24, 2.45) is 0 Å². The summed E-state index contributed by atoms with van der Waals surface area (Å²) in [6.45, 7) is 0. The number of benzene rings is 2. The first-order valence-corrected chi connectivity index (χ1v) is 5.55. The first-order valence-electron chi connectivity index (χ1n) is 5.55. The van der Waals surface area contributed by atoms with Crippen LogP contribution in [0.3, 0.4) is 0 Å². The van der Waals surface area contributed by atoms with E-state index in [-0.39, 0.29) is 17.1 Å². The van der Waals surface area contributed by atoms with E-state index in [0.29, 0.717) is 12.1 Å². The van der Waals surface area contributed by atoms with Crippen molar-refractivity contribution in [2.75, 3.05) is 0 Å². The summed E-state index contributed by atoms with van der Waals surface area (Å²) in [7, 11) is 0. The number of hydrogen-bond acceptors (Lipinski definition) is 2. The first kappa shape index (κ1) is 14.8. The Bertz CT molecular complexity index is 718. The van der Waals surface area contributed by atoms with E-state index in [0.717, 1.165) is 24.3 Å². The minimum absolute atomic E-state index is 0.126. The average molecular weight is 299 g/mol. The number of hydrogen-bond donors (Lipinski definition) is 0. The van der Waals surface area contributed by atoms with E-state index in [4.69, 9.17) is 10.00 Å². The first-order chi connectivity index (χ1) is 9.81. The van der Waals surface area contributed by atoms with Gasteiger partial charge in [-0.2, -0.15) is 18.4 Å². The van der Waals surface area contributed by atoms with Crippen molar-refractivity contribution < 1.29 is 26.7 Å². The summed E-state index contributed by atoms with van der Waals surface area (Å²) in [5, 5.41) is 8.81. The van der Waals surface area contributed by atoms with Crippen molar-refractivity contribution >= 4 is 0 Å². The maximum absolute atomic E-state index is 13.1. The summed E-state index contributed by atoms with van der Waals surface area (Å²) in [5.74, 6) is -2.56. The normalized spacial score (nSPS) is 11.0. The van der Waals surface area contributed by atoms with Gasteiger partial charge in [-0.05, 0) is 36.4 Å². The second-order valence-corrected chi connectivity index (χ2v) is 3.99. The predicted octanol–water partition coefficient (Wildman–Crippen LogP) is 4.65. The van der Waals surface area contributed by atoms with Crippen molar-refractivity contribution in [3.05, 3.63) is 59.2 Å². The van der Waals surface area contributed by atoms with Crippen LogP contribution in [-0.2, 0) is 6.18 Å². The lowest BCUT2D eigenvalue weighted by Gasteiger charge is -2.11. The minimum Gasteiger partial charge on any atom is -0.456 e. The highest BCUT2D eigenvalue weighted by molar-refractivity contribution is 5.46. The molecule has 2 aromatic carbocycles. The van der Waals surface area contributed by atoms with Crippen LogP contribution in [0.25, 0.3) is 0 Å². The molecule has 0 heterocycles. The monoisotopic (exact) mass is 299 g/mol. The molecule has 0 atom stereocenters. The van der Waals surface area contributed by atoms with Crippen LogP contribution in [0.15, 0.2) is 36.4 Å². The molecule has 0 unspecified atom stereocenters. The molecule has 7 heteroatoms. The van der Waals surface area contributed by atoms with Gasteiger partial charge < -0.3 is 4.74 Å². The Morgan fingerprint density at radius 3 is 2.33 bits per heavy atom. The number of alkyl halides is 3. The SMILES string of the molecule is N#Cc1cc(F)ccc1Oc1ccc(F)c(C(F)(F)F)c1. The van der Waals surface area contributed by atoms with Crippen molar-refractivity contribution in [1.29, 1.82) is 5.26 Å². The van der Waals surface area contributed by atoms with Crippen LogP contribution in [0.5, 0.6) is 11.5 Å². The number of nitriles is 1. The largest absolute Gasteiger partial charge is 0.456 e. The van der Waals surface area contributed by atoms with Crippen LogP contribution in [0.2, 0.25) is 0 Å². The molecule has 0 aliphatic heterocycles. The third-order valence-electron chi connectivity index (χ3n) is 2.53. The van der Waals surface area contributed by atoms with E-state index in [1.165, 1.54) is 0 Å². The highest BCUT2D eigenvalue weighted by Crippen LogP contribution is 2.35. The minimum atomic E-state index is -4.87. The Hall–Kier alpha value is -2.62. The van der Waals surface area contributed by atoms with E-state index in [1.807, 2.05) is 0 Å². The van der Waals surface area contributed by atoms with Gasteiger partial charge in [0.15, 0.2) is 0 Å². The van der Waals surface area contributed by atoms with Gasteiger partial charge in [-0.25, -0.2) is 8.78 Å². The Balaban J connectivity index is 2.40. The van der Waals surface area contributed by atoms with Crippen molar-refractivity contribution in [3.63, 3.8) is 0 Å². The molecular formula is C14H6F5NO. The molecule has 2 nitrogen and oxygen atoms in total. The van der Waals surface area contributed by atoms with Crippen molar-refractivity contribution in [2.45, 2.75) is 6.18 Å². The molecule has 0 spiro atoms. The zero-order chi connectivity index (χ0) is 15.6. The molecule has 21 heavy (non-hydrogen) atoms. The third kappa shape index (κ3) is 3.28. The molecule has 0 aromatic heterocycles. The summed E-state index contributed by atoms with van der Waals surface area (Å²) in [5.41, 5.74) is -1.67. The van der Waals surface area contributed by atoms with Gasteiger partial charge in [0.1, 0.15) is 29.2 Å². The maximum Gasteiger partial charge on any atom is 0.419 e. The van der Waals surface area contributed by atoms with Crippen LogP contribution in [0, 0.1) is 23.0 Å². The summed E-state index contributed by atoms with van der Waals surface area (Å²) in [6, 6.07) is 6.68. The molecule has 0 amide bonds. The average Bonchev–Trinajstić information content (AvgIpc) is 2.41. The lowest BCUT2D eigenvalue weighted by molar-refractivity contribution is -0.140. The molecule has 2 rings (SSSR count). The van der Waals surface area contributed by atoms with E-state index in [1.54, 1.807) is 6.07 Å². The zero-order valence-electron chi connectivity index (χ0n) is 10.2. The lowest BCUT2D eigenvalue weighted by atomic mass is 10.2. The highest BCUT2D eigenvalue weighted by Gasteiger charge is 2.34. The molecule has 0 aliphatic rings. The summed E-state index contributed by atoms with van der Waals surface area (Å²) >= 11 is 0. The molecule has 0 aliphatic carbocycles. The smallest absolute Gasteiger partial charge is 0.419 e. The molecule has 0 N–H and O–H groups in total. The standard InChI is InChI=1S/C14H6F5NO/c15-9-1-4-13(8(5-9)7-20)21-10-2-3-12(16)11(6-10)14(17,18)19/h1-6H. The van der Waals surface area contributed by atoms with E-state index in [9.17, 15) is 22.0 Å². The van der Waals surface area contributed by atoms with Crippen LogP contribution >= 0.6 is 0 Å². The topological polar surface area (TPSA) is 33.0 Å². The molecule has 0 bridgehead atoms. The lowest BCUT2D eigenvalue weighted by Crippen LogP contribution is -2.08. The summed E-state index contributed by atoms with van der Waals surface area (Å²) in [4.78, 5) is 0. The second-order valence-electron chi connectivity index (χ2n) is 3.99. The Labute approximate surface area is 116 Å². The number of halogens is 5. The van der Waals surface area contributed by atoms with E-state index in [2.05, 4.69) is 0 Å². The van der Waals surface area contributed by atoms with Gasteiger partial charge >= 0.3 is 6.18 Å². The molecule has 0 fully saturated rings. The number of ether oxygens (including phenoxy) is 1. The zero-order valence-corrected chi connectivity index (χ0v) is 10.2. The van der Waals surface area contributed by atoms with Gasteiger partial charge in [0.2, 0.25) is 0 Å². The fraction of sp³-hybridized carbons (Fsp3) is 0.0714. The fourth-order valence-electron chi connectivity index (χ4n) is 1.59. The van der Waals surface area contributed by atoms with Gasteiger partial charge in [-0.15, -0.1) is 0 Å². The molecule has 0 radical (unpaired) electrons. The molecule has 0 saturated carbocycles. The Kier molecular flexibility index (Phi) is 3.80. The summed E-state index contributed by atoms with van der Waals surface area (Å²) in [6.07, 6.45) is -4.87. The Morgan fingerprint density at radius 1 is 1.00 bits per heavy atom. The van der Waals surface area contributed by atoms with Crippen molar-refractivity contribution in [1.82, 2.24) is 0 Å². The second kappa shape index (κ2) is 5.40. The molecular weight excluding hydrogens is 293 g/mol. The third-order valence-corrected chi connectivity index (χ3v) is 2.53. The molecule has 2 aromatic rings.